The molecule has 0 bridgehead atoms. The summed E-state index contributed by atoms with van der Waals surface area (Å²) in [6.45, 7) is 0.596. The van der Waals surface area contributed by atoms with Gasteiger partial charge in [0.2, 0.25) is 0 Å². The van der Waals surface area contributed by atoms with Crippen LogP contribution in [-0.2, 0) is 6.42 Å². The van der Waals surface area contributed by atoms with E-state index >= 15 is 0 Å². The summed E-state index contributed by atoms with van der Waals surface area (Å²) in [5, 5.41) is 6.28. The first kappa shape index (κ1) is 10.9. The van der Waals surface area contributed by atoms with Crippen LogP contribution in [0, 0.1) is 0 Å². The van der Waals surface area contributed by atoms with Gasteiger partial charge in [0.25, 0.3) is 0 Å². The smallest absolute Gasteiger partial charge is 0.195 e. The summed E-state index contributed by atoms with van der Waals surface area (Å²) in [5.74, 6) is 0.855. The van der Waals surface area contributed by atoms with Crippen molar-refractivity contribution in [2.75, 3.05) is 6.54 Å². The molecule has 0 fully saturated rings. The van der Waals surface area contributed by atoms with Crippen LogP contribution in [0.4, 0.5) is 0 Å². The first-order valence-electron chi connectivity index (χ1n) is 5.14. The molecule has 3 aromatic rings. The van der Waals surface area contributed by atoms with Crippen molar-refractivity contribution in [1.82, 2.24) is 19.2 Å². The van der Waals surface area contributed by atoms with Crippen molar-refractivity contribution >= 4 is 32.2 Å². The first-order chi connectivity index (χ1) is 8.29. The highest BCUT2D eigenvalue weighted by molar-refractivity contribution is 9.10. The summed E-state index contributed by atoms with van der Waals surface area (Å²) in [4.78, 5) is 5.55. The molecule has 5 nitrogen and oxygen atoms in total. The molecular weight excluding hydrogens is 302 g/mol. The van der Waals surface area contributed by atoms with Crippen LogP contribution in [-0.4, -0.2) is 25.7 Å². The Hall–Kier alpha value is -1.18. The summed E-state index contributed by atoms with van der Waals surface area (Å²) in [7, 11) is 0. The number of nitrogens with zero attached hydrogens (tertiary/aromatic N) is 4. The molecule has 0 spiro atoms. The topological polar surface area (TPSA) is 61.1 Å². The lowest BCUT2D eigenvalue weighted by Gasteiger charge is -2.01. The van der Waals surface area contributed by atoms with Gasteiger partial charge in [-0.25, -0.2) is 4.68 Å². The van der Waals surface area contributed by atoms with Crippen molar-refractivity contribution in [2.24, 2.45) is 5.73 Å². The first-order valence-corrected chi connectivity index (χ1v) is 6.82. The predicted octanol–water partition coefficient (Wildman–Crippen LogP) is 1.85. The largest absolute Gasteiger partial charge is 0.330 e. The van der Waals surface area contributed by atoms with Gasteiger partial charge in [-0.2, -0.15) is 10.1 Å². The lowest BCUT2D eigenvalue weighted by Crippen LogP contribution is -2.08. The van der Waals surface area contributed by atoms with Crippen LogP contribution in [0.5, 0.6) is 0 Å². The van der Waals surface area contributed by atoms with Gasteiger partial charge in [0, 0.05) is 24.2 Å². The van der Waals surface area contributed by atoms with E-state index in [9.17, 15) is 0 Å². The molecule has 7 heteroatoms. The average Bonchev–Trinajstić information content (AvgIpc) is 2.95. The molecule has 17 heavy (non-hydrogen) atoms. The quantitative estimate of drug-likeness (QED) is 0.803. The molecule has 2 N–H and O–H groups in total. The molecular formula is C10H10BrN5S. The van der Waals surface area contributed by atoms with E-state index in [0.717, 1.165) is 27.4 Å². The lowest BCUT2D eigenvalue weighted by molar-refractivity contribution is 0.816. The number of hydrogen-bond donors (Lipinski definition) is 1. The predicted molar refractivity (Wildman–Crippen MR) is 70.6 cm³/mol. The van der Waals surface area contributed by atoms with Gasteiger partial charge < -0.3 is 5.73 Å². The van der Waals surface area contributed by atoms with Crippen molar-refractivity contribution in [2.45, 2.75) is 6.42 Å². The molecule has 0 aliphatic carbocycles. The fraction of sp³-hybridized carbons (Fsp3) is 0.200. The second kappa shape index (κ2) is 4.25. The maximum atomic E-state index is 5.66. The third kappa shape index (κ3) is 1.80. The minimum atomic E-state index is 0.596. The van der Waals surface area contributed by atoms with Crippen LogP contribution in [0.3, 0.4) is 0 Å². The van der Waals surface area contributed by atoms with E-state index in [4.69, 9.17) is 5.73 Å². The number of aromatic nitrogens is 4. The zero-order valence-electron chi connectivity index (χ0n) is 8.88. The Morgan fingerprint density at radius 3 is 3.06 bits per heavy atom. The van der Waals surface area contributed by atoms with Gasteiger partial charge in [0.1, 0.15) is 0 Å². The van der Waals surface area contributed by atoms with Crippen LogP contribution in [0.2, 0.25) is 0 Å². The van der Waals surface area contributed by atoms with E-state index in [2.05, 4.69) is 30.4 Å². The Morgan fingerprint density at radius 2 is 2.35 bits per heavy atom. The number of nitrogens with two attached hydrogens (primary N) is 1. The third-order valence-corrected chi connectivity index (χ3v) is 3.66. The summed E-state index contributed by atoms with van der Waals surface area (Å²) >= 11 is 5.00. The number of rotatable bonds is 3. The summed E-state index contributed by atoms with van der Waals surface area (Å²) < 4.78 is 4.78. The van der Waals surface area contributed by atoms with E-state index < -0.39 is 0 Å². The SMILES string of the molecule is NCCc1c(-n2cc(Br)cn2)nc2sccn12. The number of halogens is 1. The average molecular weight is 312 g/mol. The van der Waals surface area contributed by atoms with Gasteiger partial charge in [0.15, 0.2) is 10.8 Å². The lowest BCUT2D eigenvalue weighted by atomic mass is 10.3. The fourth-order valence-corrected chi connectivity index (χ4v) is 2.80. The highest BCUT2D eigenvalue weighted by Crippen LogP contribution is 2.21. The number of fused-ring (bicyclic) bond motifs is 1. The van der Waals surface area contributed by atoms with Crippen LogP contribution < -0.4 is 5.73 Å². The molecule has 88 valence electrons. The van der Waals surface area contributed by atoms with Crippen molar-refractivity contribution in [3.05, 3.63) is 34.1 Å². The Bertz CT molecular complexity index is 653. The van der Waals surface area contributed by atoms with E-state index in [1.54, 1.807) is 22.2 Å². The van der Waals surface area contributed by atoms with Crippen LogP contribution in [0.15, 0.2) is 28.4 Å². The maximum absolute atomic E-state index is 5.66. The summed E-state index contributed by atoms with van der Waals surface area (Å²) in [6.07, 6.45) is 6.44. The Balaban J connectivity index is 2.20. The standard InChI is InChI=1S/C10H10BrN5S/c11-7-5-13-16(6-7)9-8(1-2-12)15-3-4-17-10(15)14-9/h3-6H,1-2,12H2. The van der Waals surface area contributed by atoms with Gasteiger partial charge in [-0.3, -0.25) is 4.40 Å². The molecule has 0 atom stereocenters. The number of imidazole rings is 1. The number of thiazole rings is 1. The minimum Gasteiger partial charge on any atom is -0.330 e. The minimum absolute atomic E-state index is 0.596. The van der Waals surface area contributed by atoms with Gasteiger partial charge in [-0.1, -0.05) is 0 Å². The highest BCUT2D eigenvalue weighted by atomic mass is 79.9. The molecule has 3 rings (SSSR count). The van der Waals surface area contributed by atoms with Crippen molar-refractivity contribution in [3.63, 3.8) is 0 Å². The molecule has 0 saturated carbocycles. The Kier molecular flexibility index (Phi) is 2.73. The van der Waals surface area contributed by atoms with E-state index in [1.807, 2.05) is 17.8 Å². The van der Waals surface area contributed by atoms with Crippen molar-refractivity contribution in [3.8, 4) is 5.82 Å². The normalized spacial score (nSPS) is 11.4. The Morgan fingerprint density at radius 1 is 1.47 bits per heavy atom. The van der Waals surface area contributed by atoms with Gasteiger partial charge in [-0.05, 0) is 22.5 Å². The van der Waals surface area contributed by atoms with Gasteiger partial charge in [-0.15, -0.1) is 11.3 Å². The second-order valence-electron chi connectivity index (χ2n) is 3.58. The van der Waals surface area contributed by atoms with Crippen LogP contribution in [0.25, 0.3) is 10.8 Å². The zero-order chi connectivity index (χ0) is 11.8. The molecule has 3 heterocycles. The maximum Gasteiger partial charge on any atom is 0.195 e. The van der Waals surface area contributed by atoms with Crippen molar-refractivity contribution in [1.29, 1.82) is 0 Å². The van der Waals surface area contributed by atoms with Crippen LogP contribution >= 0.6 is 27.3 Å². The molecule has 0 radical (unpaired) electrons. The van der Waals surface area contributed by atoms with E-state index in [0.29, 0.717) is 6.54 Å². The van der Waals surface area contributed by atoms with Crippen molar-refractivity contribution < 1.29 is 0 Å². The molecule has 0 saturated heterocycles. The monoisotopic (exact) mass is 311 g/mol. The molecule has 0 aliphatic heterocycles. The molecule has 0 aliphatic rings. The molecule has 0 amide bonds. The zero-order valence-corrected chi connectivity index (χ0v) is 11.3. The van der Waals surface area contributed by atoms with E-state index in [-0.39, 0.29) is 0 Å². The molecule has 3 aromatic heterocycles. The third-order valence-electron chi connectivity index (χ3n) is 2.49. The second-order valence-corrected chi connectivity index (χ2v) is 5.37. The Labute approximate surface area is 110 Å². The number of hydrogen-bond acceptors (Lipinski definition) is 4. The summed E-state index contributed by atoms with van der Waals surface area (Å²) in [5.41, 5.74) is 6.75. The van der Waals surface area contributed by atoms with Gasteiger partial charge >= 0.3 is 0 Å². The van der Waals surface area contributed by atoms with Gasteiger partial charge in [0.05, 0.1) is 16.4 Å². The summed E-state index contributed by atoms with van der Waals surface area (Å²) in [6, 6.07) is 0. The highest BCUT2D eigenvalue weighted by Gasteiger charge is 2.14. The molecule has 0 aromatic carbocycles. The van der Waals surface area contributed by atoms with Crippen LogP contribution in [0.1, 0.15) is 5.69 Å². The van der Waals surface area contributed by atoms with E-state index in [1.165, 1.54) is 0 Å². The molecule has 0 unspecified atom stereocenters. The fourth-order valence-electron chi connectivity index (χ4n) is 1.79.